The zero-order valence-corrected chi connectivity index (χ0v) is 19.4. The van der Waals surface area contributed by atoms with E-state index < -0.39 is 0 Å². The first-order valence-electron chi connectivity index (χ1n) is 11.6. The Kier molecular flexibility index (Phi) is 5.98. The van der Waals surface area contributed by atoms with Crippen molar-refractivity contribution in [1.82, 2.24) is 20.0 Å². The zero-order chi connectivity index (χ0) is 23.7. The molecule has 8 nitrogen and oxygen atoms in total. The summed E-state index contributed by atoms with van der Waals surface area (Å²) in [5.74, 6) is 0.345. The Balaban J connectivity index is 1.55. The van der Waals surface area contributed by atoms with Crippen LogP contribution < -0.4 is 11.1 Å². The number of amides is 1. The van der Waals surface area contributed by atoms with Gasteiger partial charge in [-0.15, -0.1) is 0 Å². The normalized spacial score (nSPS) is 16.3. The number of fused-ring (bicyclic) bond motifs is 2. The molecule has 1 unspecified atom stereocenters. The monoisotopic (exact) mass is 456 g/mol. The minimum Gasteiger partial charge on any atom is -0.383 e. The summed E-state index contributed by atoms with van der Waals surface area (Å²) in [4.78, 5) is 22.6. The van der Waals surface area contributed by atoms with E-state index in [1.54, 1.807) is 6.21 Å². The molecule has 2 aromatic carbocycles. The first-order valence-corrected chi connectivity index (χ1v) is 11.6. The van der Waals surface area contributed by atoms with E-state index in [1.807, 2.05) is 36.4 Å². The Morgan fingerprint density at radius 1 is 1.21 bits per heavy atom. The average molecular weight is 457 g/mol. The van der Waals surface area contributed by atoms with Gasteiger partial charge in [-0.25, -0.2) is 9.97 Å². The smallest absolute Gasteiger partial charge is 0.257 e. The molecule has 1 aliphatic rings. The highest BCUT2D eigenvalue weighted by molar-refractivity contribution is 6.10. The number of ether oxygens (including phenoxy) is 1. The van der Waals surface area contributed by atoms with E-state index in [0.29, 0.717) is 34.7 Å². The van der Waals surface area contributed by atoms with Crippen LogP contribution in [-0.2, 0) is 4.74 Å². The van der Waals surface area contributed by atoms with Crippen molar-refractivity contribution in [2.75, 3.05) is 18.9 Å². The molecule has 3 heterocycles. The van der Waals surface area contributed by atoms with E-state index in [9.17, 15) is 4.79 Å². The number of rotatable bonds is 6. The fourth-order valence-electron chi connectivity index (χ4n) is 4.18. The van der Waals surface area contributed by atoms with Crippen molar-refractivity contribution in [1.29, 1.82) is 0 Å². The summed E-state index contributed by atoms with van der Waals surface area (Å²) >= 11 is 0. The van der Waals surface area contributed by atoms with Crippen LogP contribution >= 0.6 is 0 Å². The van der Waals surface area contributed by atoms with Gasteiger partial charge in [0.15, 0.2) is 5.65 Å². The predicted molar refractivity (Wildman–Crippen MR) is 134 cm³/mol. The van der Waals surface area contributed by atoms with Crippen LogP contribution in [-0.4, -0.2) is 46.0 Å². The van der Waals surface area contributed by atoms with Crippen LogP contribution in [0.15, 0.2) is 53.6 Å². The lowest BCUT2D eigenvalue weighted by Crippen LogP contribution is -2.32. The van der Waals surface area contributed by atoms with E-state index in [2.05, 4.69) is 36.4 Å². The number of nitrogens with zero attached hydrogens (tertiary/aromatic N) is 4. The largest absolute Gasteiger partial charge is 0.383 e. The summed E-state index contributed by atoms with van der Waals surface area (Å²) in [6, 6.07) is 15.7. The van der Waals surface area contributed by atoms with Crippen molar-refractivity contribution in [3.05, 3.63) is 65.2 Å². The SMILES string of the molecule is CC(C)c1ccc(/C=N/n2c(N)c(C(=O)NCC3CCCO3)c3nc4ccccc4nc32)cc1. The molecule has 3 N–H and O–H groups in total. The fourth-order valence-corrected chi connectivity index (χ4v) is 4.18. The standard InChI is InChI=1S/C26H28N6O2/c1-16(2)18-11-9-17(10-12-18)14-29-32-24(27)22(26(33)28-15-19-6-5-13-34-19)23-25(32)31-21-8-4-3-7-20(21)30-23/h3-4,7-12,14,16,19H,5-6,13,15,27H2,1-2H3,(H,28,33)/b29-14+. The van der Waals surface area contributed by atoms with Crippen molar-refractivity contribution < 1.29 is 9.53 Å². The van der Waals surface area contributed by atoms with Crippen LogP contribution in [0.2, 0.25) is 0 Å². The summed E-state index contributed by atoms with van der Waals surface area (Å²) < 4.78 is 7.12. The van der Waals surface area contributed by atoms with Gasteiger partial charge in [0.1, 0.15) is 16.9 Å². The molecule has 174 valence electrons. The van der Waals surface area contributed by atoms with E-state index in [4.69, 9.17) is 20.4 Å². The lowest BCUT2D eigenvalue weighted by atomic mass is 10.0. The highest BCUT2D eigenvalue weighted by Gasteiger charge is 2.25. The summed E-state index contributed by atoms with van der Waals surface area (Å²) in [5.41, 5.74) is 11.2. The molecular weight excluding hydrogens is 428 g/mol. The highest BCUT2D eigenvalue weighted by Crippen LogP contribution is 2.28. The number of hydrogen-bond acceptors (Lipinski definition) is 6. The van der Waals surface area contributed by atoms with Gasteiger partial charge in [-0.3, -0.25) is 4.79 Å². The van der Waals surface area contributed by atoms with Gasteiger partial charge in [0.25, 0.3) is 5.91 Å². The number of nitrogen functional groups attached to an aromatic ring is 1. The Hall–Kier alpha value is -3.78. The topological polar surface area (TPSA) is 107 Å². The molecule has 1 atom stereocenters. The molecule has 0 saturated carbocycles. The van der Waals surface area contributed by atoms with Gasteiger partial charge in [-0.05, 0) is 42.0 Å². The van der Waals surface area contributed by atoms with Gasteiger partial charge in [0.2, 0.25) is 0 Å². The molecule has 0 aliphatic carbocycles. The number of carbonyl (C=O) groups excluding carboxylic acids is 1. The third-order valence-electron chi connectivity index (χ3n) is 6.14. The number of nitrogens with one attached hydrogen (secondary N) is 1. The van der Waals surface area contributed by atoms with Gasteiger partial charge in [-0.1, -0.05) is 50.2 Å². The average Bonchev–Trinajstić information content (AvgIpc) is 3.45. The minimum absolute atomic E-state index is 0.0253. The van der Waals surface area contributed by atoms with Gasteiger partial charge in [-0.2, -0.15) is 9.78 Å². The van der Waals surface area contributed by atoms with Gasteiger partial charge in [0.05, 0.1) is 23.4 Å². The van der Waals surface area contributed by atoms with Crippen molar-refractivity contribution in [2.45, 2.75) is 38.7 Å². The Morgan fingerprint density at radius 3 is 2.62 bits per heavy atom. The number of anilines is 1. The molecule has 0 radical (unpaired) electrons. The van der Waals surface area contributed by atoms with Gasteiger partial charge < -0.3 is 15.8 Å². The molecule has 8 heteroatoms. The Morgan fingerprint density at radius 2 is 1.94 bits per heavy atom. The molecule has 5 rings (SSSR count). The number of benzene rings is 2. The minimum atomic E-state index is -0.308. The summed E-state index contributed by atoms with van der Waals surface area (Å²) in [5, 5.41) is 7.53. The third kappa shape index (κ3) is 4.24. The van der Waals surface area contributed by atoms with Crippen LogP contribution in [0.25, 0.3) is 22.2 Å². The lowest BCUT2D eigenvalue weighted by molar-refractivity contribution is 0.0859. The zero-order valence-electron chi connectivity index (χ0n) is 19.4. The molecule has 34 heavy (non-hydrogen) atoms. The fraction of sp³-hybridized carbons (Fsp3) is 0.308. The maximum atomic E-state index is 13.2. The highest BCUT2D eigenvalue weighted by atomic mass is 16.5. The van der Waals surface area contributed by atoms with E-state index >= 15 is 0 Å². The summed E-state index contributed by atoms with van der Waals surface area (Å²) in [6.45, 7) is 5.47. The quantitative estimate of drug-likeness (QED) is 0.425. The van der Waals surface area contributed by atoms with E-state index in [1.165, 1.54) is 10.2 Å². The second-order valence-corrected chi connectivity index (χ2v) is 8.87. The molecule has 0 spiro atoms. The van der Waals surface area contributed by atoms with Crippen molar-refractivity contribution in [3.8, 4) is 0 Å². The maximum absolute atomic E-state index is 13.2. The van der Waals surface area contributed by atoms with Crippen LogP contribution in [0.3, 0.4) is 0 Å². The van der Waals surface area contributed by atoms with Gasteiger partial charge in [0, 0.05) is 13.2 Å². The van der Waals surface area contributed by atoms with Crippen LogP contribution in [0.4, 0.5) is 5.82 Å². The maximum Gasteiger partial charge on any atom is 0.257 e. The van der Waals surface area contributed by atoms with Crippen molar-refractivity contribution in [2.24, 2.45) is 5.10 Å². The summed E-state index contributed by atoms with van der Waals surface area (Å²) in [7, 11) is 0. The molecule has 0 bridgehead atoms. The molecule has 1 fully saturated rings. The van der Waals surface area contributed by atoms with Crippen LogP contribution in [0, 0.1) is 0 Å². The molecule has 1 saturated heterocycles. The van der Waals surface area contributed by atoms with E-state index in [-0.39, 0.29) is 23.4 Å². The molecule has 2 aromatic heterocycles. The predicted octanol–water partition coefficient (Wildman–Crippen LogP) is 4.08. The van der Waals surface area contributed by atoms with Crippen LogP contribution in [0.1, 0.15) is 54.1 Å². The molecule has 1 aliphatic heterocycles. The van der Waals surface area contributed by atoms with Gasteiger partial charge >= 0.3 is 0 Å². The van der Waals surface area contributed by atoms with Crippen molar-refractivity contribution in [3.63, 3.8) is 0 Å². The molecule has 4 aromatic rings. The van der Waals surface area contributed by atoms with Crippen LogP contribution in [0.5, 0.6) is 0 Å². The van der Waals surface area contributed by atoms with E-state index in [0.717, 1.165) is 25.0 Å². The summed E-state index contributed by atoms with van der Waals surface area (Å²) in [6.07, 6.45) is 3.68. The number of carbonyl (C=O) groups is 1. The number of hydrogen-bond donors (Lipinski definition) is 2. The Labute approximate surface area is 197 Å². The number of nitrogens with two attached hydrogens (primary N) is 1. The Bertz CT molecular complexity index is 1370. The molecule has 1 amide bonds. The number of aromatic nitrogens is 3. The second-order valence-electron chi connectivity index (χ2n) is 8.87. The first kappa shape index (κ1) is 22.0. The second kappa shape index (κ2) is 9.23. The lowest BCUT2D eigenvalue weighted by Gasteiger charge is -2.10. The number of para-hydroxylation sites is 2. The van der Waals surface area contributed by atoms with Crippen molar-refractivity contribution >= 4 is 40.1 Å². The third-order valence-corrected chi connectivity index (χ3v) is 6.14. The molecular formula is C26H28N6O2. The first-order chi connectivity index (χ1) is 16.5.